The van der Waals surface area contributed by atoms with Crippen molar-refractivity contribution in [2.24, 2.45) is 0 Å². The summed E-state index contributed by atoms with van der Waals surface area (Å²) in [6.07, 6.45) is 3.04. The molecule has 0 atom stereocenters. The molecule has 3 rings (SSSR count). The van der Waals surface area contributed by atoms with Gasteiger partial charge in [0, 0.05) is 13.0 Å². The van der Waals surface area contributed by atoms with Gasteiger partial charge in [-0.05, 0) is 37.1 Å². The van der Waals surface area contributed by atoms with Crippen LogP contribution in [0.4, 0.5) is 0 Å². The largest absolute Gasteiger partial charge is 0.467 e. The van der Waals surface area contributed by atoms with Crippen molar-refractivity contribution in [2.75, 3.05) is 0 Å². The number of amides is 1. The number of nitrogens with one attached hydrogen (secondary N) is 2. The Morgan fingerprint density at radius 2 is 1.96 bits per heavy atom. The topological polar surface area (TPSA) is 97.1 Å². The molecule has 0 spiro atoms. The molecular formula is C18H19N3O4. The van der Waals surface area contributed by atoms with Gasteiger partial charge in [0.05, 0.1) is 23.7 Å². The maximum atomic E-state index is 12.4. The van der Waals surface area contributed by atoms with Gasteiger partial charge in [-0.2, -0.15) is 0 Å². The summed E-state index contributed by atoms with van der Waals surface area (Å²) >= 11 is 0. The van der Waals surface area contributed by atoms with Crippen molar-refractivity contribution in [3.05, 3.63) is 69.3 Å². The average molecular weight is 341 g/mol. The van der Waals surface area contributed by atoms with Gasteiger partial charge >= 0.3 is 5.69 Å². The van der Waals surface area contributed by atoms with E-state index < -0.39 is 5.69 Å². The number of hydrogen-bond donors (Lipinski definition) is 2. The molecular weight excluding hydrogens is 322 g/mol. The van der Waals surface area contributed by atoms with Gasteiger partial charge in [-0.25, -0.2) is 4.79 Å². The van der Waals surface area contributed by atoms with E-state index in [0.717, 1.165) is 0 Å². The Morgan fingerprint density at radius 3 is 2.76 bits per heavy atom. The maximum Gasteiger partial charge on any atom is 0.328 e. The van der Waals surface area contributed by atoms with E-state index in [1.807, 2.05) is 0 Å². The highest BCUT2D eigenvalue weighted by atomic mass is 16.3. The molecule has 0 saturated heterocycles. The monoisotopic (exact) mass is 341 g/mol. The summed E-state index contributed by atoms with van der Waals surface area (Å²) < 4.78 is 6.32. The number of nitrogens with zero attached hydrogens (tertiary/aromatic N) is 1. The van der Waals surface area contributed by atoms with Crippen LogP contribution >= 0.6 is 0 Å². The second-order valence-corrected chi connectivity index (χ2v) is 5.75. The number of fused-ring (bicyclic) bond motifs is 1. The Hall–Kier alpha value is -3.09. The third kappa shape index (κ3) is 4.06. The summed E-state index contributed by atoms with van der Waals surface area (Å²) in [4.78, 5) is 38.9. The standard InChI is InChI=1S/C18H19N3O4/c22-16(19-12-13-6-5-11-25-13)9-3-4-10-21-17(23)14-7-1-2-8-15(14)20-18(21)24/h1-2,5-8,11H,3-4,9-10,12H2,(H,19,22)(H,20,24). The highest BCUT2D eigenvalue weighted by Gasteiger charge is 2.07. The van der Waals surface area contributed by atoms with Gasteiger partial charge < -0.3 is 14.7 Å². The second kappa shape index (κ2) is 7.65. The minimum atomic E-state index is -0.425. The fraction of sp³-hybridized carbons (Fsp3) is 0.278. The van der Waals surface area contributed by atoms with Crippen molar-refractivity contribution in [2.45, 2.75) is 32.4 Å². The van der Waals surface area contributed by atoms with Crippen LogP contribution in [0, 0.1) is 0 Å². The number of benzene rings is 1. The van der Waals surface area contributed by atoms with Crippen LogP contribution in [-0.2, 0) is 17.9 Å². The van der Waals surface area contributed by atoms with Crippen LogP contribution in [0.25, 0.3) is 10.9 Å². The number of aromatic nitrogens is 2. The van der Waals surface area contributed by atoms with Crippen LogP contribution in [0.5, 0.6) is 0 Å². The number of rotatable bonds is 7. The number of H-pyrrole nitrogens is 1. The Bertz CT molecular complexity index is 970. The number of carbonyl (C=O) groups is 1. The highest BCUT2D eigenvalue weighted by Crippen LogP contribution is 2.04. The van der Waals surface area contributed by atoms with Gasteiger partial charge in [0.15, 0.2) is 0 Å². The fourth-order valence-electron chi connectivity index (χ4n) is 2.64. The summed E-state index contributed by atoms with van der Waals surface area (Å²) in [5.74, 6) is 0.610. The number of unbranched alkanes of at least 4 members (excludes halogenated alkanes) is 1. The van der Waals surface area contributed by atoms with E-state index in [0.29, 0.717) is 42.5 Å². The van der Waals surface area contributed by atoms with Crippen molar-refractivity contribution in [3.8, 4) is 0 Å². The van der Waals surface area contributed by atoms with Crippen LogP contribution in [0.15, 0.2) is 56.7 Å². The third-order valence-corrected chi connectivity index (χ3v) is 3.96. The molecule has 0 saturated carbocycles. The quantitative estimate of drug-likeness (QED) is 0.640. The van der Waals surface area contributed by atoms with Crippen LogP contribution in [0.3, 0.4) is 0 Å². The van der Waals surface area contributed by atoms with Gasteiger partial charge in [-0.1, -0.05) is 12.1 Å². The van der Waals surface area contributed by atoms with E-state index in [4.69, 9.17) is 4.42 Å². The zero-order chi connectivity index (χ0) is 17.6. The molecule has 7 heteroatoms. The van der Waals surface area contributed by atoms with E-state index in [-0.39, 0.29) is 18.0 Å². The first-order valence-corrected chi connectivity index (χ1v) is 8.16. The van der Waals surface area contributed by atoms with Gasteiger partial charge in [-0.15, -0.1) is 0 Å². The smallest absolute Gasteiger partial charge is 0.328 e. The zero-order valence-electron chi connectivity index (χ0n) is 13.7. The molecule has 0 aliphatic carbocycles. The molecule has 1 aromatic carbocycles. The molecule has 7 nitrogen and oxygen atoms in total. The number of aromatic amines is 1. The molecule has 2 N–H and O–H groups in total. The molecule has 3 aromatic rings. The Labute approximate surface area is 143 Å². The van der Waals surface area contributed by atoms with Crippen molar-refractivity contribution >= 4 is 16.8 Å². The van der Waals surface area contributed by atoms with Crippen LogP contribution < -0.4 is 16.6 Å². The first-order chi connectivity index (χ1) is 12.1. The summed E-state index contributed by atoms with van der Waals surface area (Å²) in [6, 6.07) is 10.5. The predicted molar refractivity (Wildman–Crippen MR) is 93.2 cm³/mol. The van der Waals surface area contributed by atoms with Crippen molar-refractivity contribution in [3.63, 3.8) is 0 Å². The Morgan fingerprint density at radius 1 is 1.12 bits per heavy atom. The van der Waals surface area contributed by atoms with Crippen molar-refractivity contribution in [1.82, 2.24) is 14.9 Å². The molecule has 0 fully saturated rings. The summed E-state index contributed by atoms with van der Waals surface area (Å²) in [5.41, 5.74) is -0.196. The molecule has 1 amide bonds. The van der Waals surface area contributed by atoms with E-state index in [1.54, 1.807) is 42.7 Å². The van der Waals surface area contributed by atoms with Crippen molar-refractivity contribution in [1.29, 1.82) is 0 Å². The highest BCUT2D eigenvalue weighted by molar-refractivity contribution is 5.77. The van der Waals surface area contributed by atoms with E-state index in [2.05, 4.69) is 10.3 Å². The normalized spacial score (nSPS) is 10.9. The van der Waals surface area contributed by atoms with E-state index >= 15 is 0 Å². The SMILES string of the molecule is O=C(CCCCn1c(=O)[nH]c2ccccc2c1=O)NCc1ccco1. The van der Waals surface area contributed by atoms with Crippen molar-refractivity contribution < 1.29 is 9.21 Å². The molecule has 0 bridgehead atoms. The fourth-order valence-corrected chi connectivity index (χ4v) is 2.64. The lowest BCUT2D eigenvalue weighted by Crippen LogP contribution is -2.35. The first kappa shape index (κ1) is 16.8. The molecule has 0 aliphatic heterocycles. The average Bonchev–Trinajstić information content (AvgIpc) is 3.12. The van der Waals surface area contributed by atoms with Crippen LogP contribution in [-0.4, -0.2) is 15.5 Å². The summed E-state index contributed by atoms with van der Waals surface area (Å²) in [5, 5.41) is 3.25. The van der Waals surface area contributed by atoms with Crippen LogP contribution in [0.1, 0.15) is 25.0 Å². The Kier molecular flexibility index (Phi) is 5.13. The van der Waals surface area contributed by atoms with Gasteiger partial charge in [0.2, 0.25) is 5.91 Å². The number of hydrogen-bond acceptors (Lipinski definition) is 4. The van der Waals surface area contributed by atoms with Gasteiger partial charge in [0.25, 0.3) is 5.56 Å². The van der Waals surface area contributed by atoms with Gasteiger partial charge in [0.1, 0.15) is 5.76 Å². The summed E-state index contributed by atoms with van der Waals surface area (Å²) in [6.45, 7) is 0.639. The molecule has 0 radical (unpaired) electrons. The lowest BCUT2D eigenvalue weighted by molar-refractivity contribution is -0.121. The second-order valence-electron chi connectivity index (χ2n) is 5.75. The minimum absolute atomic E-state index is 0.0869. The number of para-hydroxylation sites is 1. The number of carbonyl (C=O) groups excluding carboxylic acids is 1. The van der Waals surface area contributed by atoms with E-state index in [1.165, 1.54) is 4.57 Å². The number of furan rings is 1. The molecule has 0 unspecified atom stereocenters. The molecule has 25 heavy (non-hydrogen) atoms. The van der Waals surface area contributed by atoms with Crippen LogP contribution in [0.2, 0.25) is 0 Å². The molecule has 2 aromatic heterocycles. The Balaban J connectivity index is 1.52. The third-order valence-electron chi connectivity index (χ3n) is 3.96. The molecule has 2 heterocycles. The summed E-state index contributed by atoms with van der Waals surface area (Å²) in [7, 11) is 0. The van der Waals surface area contributed by atoms with E-state index in [9.17, 15) is 14.4 Å². The van der Waals surface area contributed by atoms with Gasteiger partial charge in [-0.3, -0.25) is 14.2 Å². The lowest BCUT2D eigenvalue weighted by Gasteiger charge is -2.06. The zero-order valence-corrected chi connectivity index (χ0v) is 13.7. The lowest BCUT2D eigenvalue weighted by atomic mass is 10.2. The molecule has 0 aliphatic rings. The predicted octanol–water partition coefficient (Wildman–Crippen LogP) is 1.77. The first-order valence-electron chi connectivity index (χ1n) is 8.16. The molecule has 130 valence electrons. The maximum absolute atomic E-state index is 12.4. The minimum Gasteiger partial charge on any atom is -0.467 e.